The topological polar surface area (TPSA) is 83.6 Å². The number of hydrogen-bond donors (Lipinski definition) is 0. The monoisotopic (exact) mass is 394 g/mol. The van der Waals surface area contributed by atoms with E-state index in [1.807, 2.05) is 0 Å². The van der Waals surface area contributed by atoms with Crippen LogP contribution in [-0.2, 0) is 9.47 Å². The van der Waals surface area contributed by atoms with E-state index in [-0.39, 0.29) is 22.5 Å². The summed E-state index contributed by atoms with van der Waals surface area (Å²) >= 11 is 0. The van der Waals surface area contributed by atoms with Gasteiger partial charge in [0.05, 0.1) is 26.2 Å². The maximum Gasteiger partial charge on any atom is 0.357 e. The van der Waals surface area contributed by atoms with Crippen molar-refractivity contribution in [3.8, 4) is 16.9 Å². The van der Waals surface area contributed by atoms with Crippen molar-refractivity contribution in [1.29, 1.82) is 0 Å². The lowest BCUT2D eigenvalue weighted by Gasteiger charge is -2.07. The molecule has 0 saturated heterocycles. The van der Waals surface area contributed by atoms with Gasteiger partial charge in [-0.3, -0.25) is 0 Å². The second-order valence-electron chi connectivity index (χ2n) is 6.06. The summed E-state index contributed by atoms with van der Waals surface area (Å²) in [7, 11) is 2.35. The Kier molecular flexibility index (Phi) is 4.59. The summed E-state index contributed by atoms with van der Waals surface area (Å²) in [6, 6.07) is 12.9. The van der Waals surface area contributed by atoms with Crippen molar-refractivity contribution in [2.75, 3.05) is 14.2 Å². The van der Waals surface area contributed by atoms with Crippen LogP contribution in [0.4, 0.5) is 4.39 Å². The van der Waals surface area contributed by atoms with Crippen LogP contribution in [0.2, 0.25) is 0 Å². The second kappa shape index (κ2) is 7.23. The molecular formula is C21H15FN2O5. The van der Waals surface area contributed by atoms with Crippen LogP contribution in [0.25, 0.3) is 27.9 Å². The van der Waals surface area contributed by atoms with Gasteiger partial charge >= 0.3 is 11.9 Å². The SMILES string of the molecule is COC(=O)c1c(-c2c(F)ccc3occc23)nn(-c2ccccc2)c1C(=O)OC. The first-order valence-corrected chi connectivity index (χ1v) is 8.58. The van der Waals surface area contributed by atoms with Gasteiger partial charge in [-0.15, -0.1) is 0 Å². The van der Waals surface area contributed by atoms with Crippen LogP contribution in [0.5, 0.6) is 0 Å². The molecule has 0 aliphatic rings. The highest BCUT2D eigenvalue weighted by Crippen LogP contribution is 2.36. The zero-order valence-electron chi connectivity index (χ0n) is 15.5. The predicted octanol–water partition coefficient (Wildman–Crippen LogP) is 4.00. The van der Waals surface area contributed by atoms with Crippen molar-refractivity contribution >= 4 is 22.9 Å². The number of carbonyl (C=O) groups excluding carboxylic acids is 2. The van der Waals surface area contributed by atoms with E-state index in [0.717, 1.165) is 0 Å². The van der Waals surface area contributed by atoms with Gasteiger partial charge in [0.15, 0.2) is 5.69 Å². The Morgan fingerprint density at radius 2 is 1.72 bits per heavy atom. The number of rotatable bonds is 4. The lowest BCUT2D eigenvalue weighted by molar-refractivity contribution is 0.0549. The maximum absolute atomic E-state index is 14.9. The molecule has 2 aromatic carbocycles. The van der Waals surface area contributed by atoms with Gasteiger partial charge in [-0.25, -0.2) is 18.7 Å². The number of benzene rings is 2. The minimum atomic E-state index is -0.845. The number of hydrogen-bond acceptors (Lipinski definition) is 6. The van der Waals surface area contributed by atoms with Gasteiger partial charge in [0.2, 0.25) is 0 Å². The van der Waals surface area contributed by atoms with Gasteiger partial charge < -0.3 is 13.9 Å². The summed E-state index contributed by atoms with van der Waals surface area (Å²) < 4.78 is 31.2. The van der Waals surface area contributed by atoms with Crippen LogP contribution in [-0.4, -0.2) is 35.9 Å². The van der Waals surface area contributed by atoms with E-state index in [1.54, 1.807) is 36.4 Å². The fourth-order valence-corrected chi connectivity index (χ4v) is 3.19. The first-order valence-electron chi connectivity index (χ1n) is 8.58. The Labute approximate surface area is 164 Å². The number of esters is 2. The van der Waals surface area contributed by atoms with E-state index in [1.165, 1.54) is 37.3 Å². The maximum atomic E-state index is 14.9. The molecule has 0 N–H and O–H groups in total. The highest BCUT2D eigenvalue weighted by molar-refractivity contribution is 6.09. The van der Waals surface area contributed by atoms with Crippen molar-refractivity contribution in [2.24, 2.45) is 0 Å². The summed E-state index contributed by atoms with van der Waals surface area (Å²) in [5.74, 6) is -2.28. The van der Waals surface area contributed by atoms with Crippen LogP contribution in [0.3, 0.4) is 0 Å². The van der Waals surface area contributed by atoms with E-state index in [4.69, 9.17) is 13.9 Å². The van der Waals surface area contributed by atoms with Crippen LogP contribution in [0, 0.1) is 5.82 Å². The van der Waals surface area contributed by atoms with Gasteiger partial charge in [-0.2, -0.15) is 5.10 Å². The minimum Gasteiger partial charge on any atom is -0.465 e. The molecule has 0 spiro atoms. The van der Waals surface area contributed by atoms with Crippen LogP contribution < -0.4 is 0 Å². The molecular weight excluding hydrogens is 379 g/mol. The summed E-state index contributed by atoms with van der Waals surface area (Å²) in [5.41, 5.74) is 0.508. The highest BCUT2D eigenvalue weighted by Gasteiger charge is 2.33. The lowest BCUT2D eigenvalue weighted by Crippen LogP contribution is -2.15. The molecule has 0 atom stereocenters. The van der Waals surface area contributed by atoms with Gasteiger partial charge in [0.25, 0.3) is 0 Å². The molecule has 8 heteroatoms. The van der Waals surface area contributed by atoms with Gasteiger partial charge in [0, 0.05) is 10.9 Å². The van der Waals surface area contributed by atoms with Crippen LogP contribution >= 0.6 is 0 Å². The summed E-state index contributed by atoms with van der Waals surface area (Å²) in [6.45, 7) is 0. The summed E-state index contributed by atoms with van der Waals surface area (Å²) in [6.07, 6.45) is 1.40. The van der Waals surface area contributed by atoms with Crippen LogP contribution in [0.15, 0.2) is 59.2 Å². The Morgan fingerprint density at radius 3 is 2.41 bits per heavy atom. The molecule has 4 aromatic rings. The van der Waals surface area contributed by atoms with Gasteiger partial charge in [-0.1, -0.05) is 18.2 Å². The molecule has 4 rings (SSSR count). The third-order valence-electron chi connectivity index (χ3n) is 4.48. The van der Waals surface area contributed by atoms with E-state index in [9.17, 15) is 14.0 Å². The molecule has 0 unspecified atom stereocenters. The Bertz CT molecular complexity index is 1230. The molecule has 0 aliphatic heterocycles. The Hall–Kier alpha value is -3.94. The lowest BCUT2D eigenvalue weighted by atomic mass is 10.0. The van der Waals surface area contributed by atoms with E-state index < -0.39 is 17.8 Å². The number of nitrogens with zero attached hydrogens (tertiary/aromatic N) is 2. The first kappa shape index (κ1) is 18.4. The number of fused-ring (bicyclic) bond motifs is 1. The normalized spacial score (nSPS) is 10.9. The second-order valence-corrected chi connectivity index (χ2v) is 6.06. The smallest absolute Gasteiger partial charge is 0.357 e. The van der Waals surface area contributed by atoms with Crippen LogP contribution in [0.1, 0.15) is 20.8 Å². The fourth-order valence-electron chi connectivity index (χ4n) is 3.19. The average Bonchev–Trinajstić information content (AvgIpc) is 3.38. The molecule has 29 heavy (non-hydrogen) atoms. The summed E-state index contributed by atoms with van der Waals surface area (Å²) in [5, 5.41) is 4.82. The van der Waals surface area contributed by atoms with Crippen molar-refractivity contribution < 1.29 is 27.9 Å². The zero-order chi connectivity index (χ0) is 20.5. The predicted molar refractivity (Wildman–Crippen MR) is 101 cm³/mol. The zero-order valence-corrected chi connectivity index (χ0v) is 15.5. The fraction of sp³-hybridized carbons (Fsp3) is 0.0952. The standard InChI is InChI=1S/C21H15FN2O5/c1-27-20(25)17-18(16-13-10-11-29-15(13)9-8-14(16)22)23-24(19(17)21(26)28-2)12-6-4-3-5-7-12/h3-11H,1-2H3. The molecule has 0 amide bonds. The molecule has 0 radical (unpaired) electrons. The molecule has 0 saturated carbocycles. The largest absolute Gasteiger partial charge is 0.465 e. The number of para-hydroxylation sites is 1. The van der Waals surface area contributed by atoms with Crippen molar-refractivity contribution in [3.63, 3.8) is 0 Å². The number of furan rings is 1. The highest BCUT2D eigenvalue weighted by atomic mass is 19.1. The first-order chi connectivity index (χ1) is 14.1. The van der Waals surface area contributed by atoms with E-state index in [0.29, 0.717) is 16.7 Å². The van der Waals surface area contributed by atoms with Crippen molar-refractivity contribution in [2.45, 2.75) is 0 Å². The summed E-state index contributed by atoms with van der Waals surface area (Å²) in [4.78, 5) is 25.2. The molecule has 146 valence electrons. The van der Waals surface area contributed by atoms with E-state index in [2.05, 4.69) is 5.10 Å². The average molecular weight is 394 g/mol. The van der Waals surface area contributed by atoms with Gasteiger partial charge in [0.1, 0.15) is 22.7 Å². The minimum absolute atomic E-state index is 0.0245. The number of aromatic nitrogens is 2. The number of carbonyl (C=O) groups is 2. The molecule has 7 nitrogen and oxygen atoms in total. The quantitative estimate of drug-likeness (QED) is 0.487. The molecule has 0 bridgehead atoms. The molecule has 0 aliphatic carbocycles. The number of ether oxygens (including phenoxy) is 2. The Balaban J connectivity index is 2.13. The van der Waals surface area contributed by atoms with E-state index >= 15 is 0 Å². The molecule has 0 fully saturated rings. The third-order valence-corrected chi connectivity index (χ3v) is 4.48. The number of methoxy groups -OCH3 is 2. The van der Waals surface area contributed by atoms with Gasteiger partial charge in [-0.05, 0) is 30.3 Å². The third kappa shape index (κ3) is 2.94. The Morgan fingerprint density at radius 1 is 1.00 bits per heavy atom. The number of halogens is 1. The van der Waals surface area contributed by atoms with Crippen molar-refractivity contribution in [1.82, 2.24) is 9.78 Å². The van der Waals surface area contributed by atoms with Crippen molar-refractivity contribution in [3.05, 3.63) is 71.9 Å². The molecule has 2 heterocycles. The molecule has 2 aromatic heterocycles.